The summed E-state index contributed by atoms with van der Waals surface area (Å²) >= 11 is 0. The molecule has 0 bridgehead atoms. The van der Waals surface area contributed by atoms with Gasteiger partial charge >= 0.3 is 0 Å². The topological polar surface area (TPSA) is 47.9 Å². The lowest BCUT2D eigenvalue weighted by Crippen LogP contribution is -2.52. The third kappa shape index (κ3) is 6.17. The quantitative estimate of drug-likeness (QED) is 0.575. The number of nitrogens with zero attached hydrogens (tertiary/aromatic N) is 3. The van der Waals surface area contributed by atoms with Gasteiger partial charge in [0.1, 0.15) is 0 Å². The zero-order chi connectivity index (χ0) is 19.6. The van der Waals surface area contributed by atoms with Gasteiger partial charge in [-0.3, -0.25) is 14.1 Å². The van der Waals surface area contributed by atoms with Crippen molar-refractivity contribution in [3.63, 3.8) is 0 Å². The van der Waals surface area contributed by atoms with E-state index < -0.39 is 10.8 Å². The maximum Gasteiger partial charge on any atom is 0.194 e. The standard InChI is InChI=1S/C22H30N4OS/c1-2-23-22(24-13-18-28(27)21-11-7-4-8-12-21)26-16-14-25(15-17-26)19-20-9-5-3-6-10-20/h3-12H,2,13-19H2,1H3,(H,23,24). The Labute approximate surface area is 170 Å². The minimum absolute atomic E-state index is 0.548. The molecule has 1 N–H and O–H groups in total. The molecule has 28 heavy (non-hydrogen) atoms. The fraction of sp³-hybridized carbons (Fsp3) is 0.409. The van der Waals surface area contributed by atoms with Gasteiger partial charge < -0.3 is 10.2 Å². The van der Waals surface area contributed by atoms with E-state index in [2.05, 4.69) is 52.4 Å². The van der Waals surface area contributed by atoms with Crippen LogP contribution in [0.15, 0.2) is 70.6 Å². The zero-order valence-corrected chi connectivity index (χ0v) is 17.4. The Bertz CT molecular complexity index is 759. The summed E-state index contributed by atoms with van der Waals surface area (Å²) in [5, 5.41) is 3.39. The highest BCUT2D eigenvalue weighted by Crippen LogP contribution is 2.09. The van der Waals surface area contributed by atoms with Gasteiger partial charge in [-0.2, -0.15) is 0 Å². The van der Waals surface area contributed by atoms with Crippen LogP contribution in [-0.2, 0) is 17.3 Å². The van der Waals surface area contributed by atoms with Gasteiger partial charge in [0.05, 0.1) is 17.3 Å². The van der Waals surface area contributed by atoms with E-state index in [-0.39, 0.29) is 0 Å². The van der Waals surface area contributed by atoms with Crippen molar-refractivity contribution in [1.29, 1.82) is 0 Å². The molecule has 0 saturated carbocycles. The number of rotatable bonds is 7. The smallest absolute Gasteiger partial charge is 0.194 e. The fourth-order valence-electron chi connectivity index (χ4n) is 3.31. The molecule has 3 rings (SSSR count). The summed E-state index contributed by atoms with van der Waals surface area (Å²) in [6.07, 6.45) is 0. The van der Waals surface area contributed by atoms with Gasteiger partial charge in [0.25, 0.3) is 0 Å². The summed E-state index contributed by atoms with van der Waals surface area (Å²) < 4.78 is 12.4. The number of hydrogen-bond acceptors (Lipinski definition) is 3. The highest BCUT2D eigenvalue weighted by molar-refractivity contribution is 7.85. The molecule has 1 aliphatic rings. The summed E-state index contributed by atoms with van der Waals surface area (Å²) in [5.41, 5.74) is 1.36. The third-order valence-electron chi connectivity index (χ3n) is 4.80. The highest BCUT2D eigenvalue weighted by Gasteiger charge is 2.19. The molecule has 150 valence electrons. The molecular weight excluding hydrogens is 368 g/mol. The maximum atomic E-state index is 12.4. The van der Waals surface area contributed by atoms with Crippen LogP contribution >= 0.6 is 0 Å². The molecule has 6 heteroatoms. The van der Waals surface area contributed by atoms with Gasteiger partial charge in [0.2, 0.25) is 0 Å². The van der Waals surface area contributed by atoms with Gasteiger partial charge in [-0.05, 0) is 24.6 Å². The Hall–Kier alpha value is -2.18. The predicted molar refractivity (Wildman–Crippen MR) is 117 cm³/mol. The summed E-state index contributed by atoms with van der Waals surface area (Å²) in [6, 6.07) is 20.3. The van der Waals surface area contributed by atoms with Gasteiger partial charge in [-0.15, -0.1) is 0 Å². The van der Waals surface area contributed by atoms with E-state index in [1.165, 1.54) is 5.56 Å². The molecule has 2 aromatic rings. The lowest BCUT2D eigenvalue weighted by atomic mass is 10.2. The third-order valence-corrected chi connectivity index (χ3v) is 6.15. The number of benzene rings is 2. The van der Waals surface area contributed by atoms with Crippen LogP contribution in [0.2, 0.25) is 0 Å². The molecule has 1 saturated heterocycles. The van der Waals surface area contributed by atoms with Crippen molar-refractivity contribution in [2.75, 3.05) is 45.0 Å². The molecule has 1 heterocycles. The summed E-state index contributed by atoms with van der Waals surface area (Å²) in [4.78, 5) is 10.4. The second kappa shape index (κ2) is 11.0. The average Bonchev–Trinajstić information content (AvgIpc) is 2.75. The van der Waals surface area contributed by atoms with Crippen LogP contribution in [0.5, 0.6) is 0 Å². The van der Waals surface area contributed by atoms with Crippen molar-refractivity contribution in [1.82, 2.24) is 15.1 Å². The molecule has 5 nitrogen and oxygen atoms in total. The minimum Gasteiger partial charge on any atom is -0.357 e. The molecule has 1 fully saturated rings. The first kappa shape index (κ1) is 20.6. The molecule has 1 aliphatic heterocycles. The van der Waals surface area contributed by atoms with Crippen LogP contribution in [0, 0.1) is 0 Å². The number of hydrogen-bond donors (Lipinski definition) is 1. The summed E-state index contributed by atoms with van der Waals surface area (Å²) in [5.74, 6) is 1.49. The Balaban J connectivity index is 1.50. The Morgan fingerprint density at radius 1 is 1.00 bits per heavy atom. The number of piperazine rings is 1. The average molecular weight is 399 g/mol. The second-order valence-corrected chi connectivity index (χ2v) is 8.42. The van der Waals surface area contributed by atoms with Crippen molar-refractivity contribution < 1.29 is 4.21 Å². The number of nitrogens with one attached hydrogen (secondary N) is 1. The normalized spacial score (nSPS) is 16.8. The first-order valence-electron chi connectivity index (χ1n) is 9.99. The Kier molecular flexibility index (Phi) is 8.06. The van der Waals surface area contributed by atoms with Crippen LogP contribution in [-0.4, -0.2) is 65.0 Å². The number of guanidine groups is 1. The fourth-order valence-corrected chi connectivity index (χ4v) is 4.26. The SMILES string of the molecule is CCNC(=NCCS(=O)c1ccccc1)N1CCN(Cc2ccccc2)CC1. The summed E-state index contributed by atoms with van der Waals surface area (Å²) in [7, 11) is -0.999. The monoisotopic (exact) mass is 398 g/mol. The highest BCUT2D eigenvalue weighted by atomic mass is 32.2. The molecule has 2 aromatic carbocycles. The van der Waals surface area contributed by atoms with Crippen LogP contribution < -0.4 is 5.32 Å². The Morgan fingerprint density at radius 3 is 2.29 bits per heavy atom. The van der Waals surface area contributed by atoms with E-state index in [9.17, 15) is 4.21 Å². The van der Waals surface area contributed by atoms with Gasteiger partial charge in [-0.25, -0.2) is 0 Å². The van der Waals surface area contributed by atoms with Crippen LogP contribution in [0.25, 0.3) is 0 Å². The molecular formula is C22H30N4OS. The molecule has 0 amide bonds. The molecule has 1 unspecified atom stereocenters. The Morgan fingerprint density at radius 2 is 1.64 bits per heavy atom. The van der Waals surface area contributed by atoms with Gasteiger partial charge in [0.15, 0.2) is 5.96 Å². The van der Waals surface area contributed by atoms with E-state index in [1.807, 2.05) is 30.3 Å². The molecule has 0 aliphatic carbocycles. The van der Waals surface area contributed by atoms with Crippen molar-refractivity contribution in [2.24, 2.45) is 4.99 Å². The molecule has 1 atom stereocenters. The van der Waals surface area contributed by atoms with Crippen LogP contribution in [0.4, 0.5) is 0 Å². The molecule has 0 radical (unpaired) electrons. The zero-order valence-electron chi connectivity index (χ0n) is 16.6. The van der Waals surface area contributed by atoms with Gasteiger partial charge in [0, 0.05) is 49.9 Å². The second-order valence-electron chi connectivity index (χ2n) is 6.85. The first-order chi connectivity index (χ1) is 13.8. The van der Waals surface area contributed by atoms with Crippen molar-refractivity contribution in [3.05, 3.63) is 66.2 Å². The van der Waals surface area contributed by atoms with E-state index in [0.717, 1.165) is 50.1 Å². The van der Waals surface area contributed by atoms with Gasteiger partial charge in [-0.1, -0.05) is 48.5 Å². The van der Waals surface area contributed by atoms with E-state index in [1.54, 1.807) is 0 Å². The van der Waals surface area contributed by atoms with Crippen molar-refractivity contribution in [2.45, 2.75) is 18.4 Å². The van der Waals surface area contributed by atoms with E-state index >= 15 is 0 Å². The lowest BCUT2D eigenvalue weighted by Gasteiger charge is -2.36. The van der Waals surface area contributed by atoms with Crippen LogP contribution in [0.1, 0.15) is 12.5 Å². The van der Waals surface area contributed by atoms with E-state index in [4.69, 9.17) is 4.99 Å². The van der Waals surface area contributed by atoms with Crippen molar-refractivity contribution >= 4 is 16.8 Å². The summed E-state index contributed by atoms with van der Waals surface area (Å²) in [6.45, 7) is 8.45. The van der Waals surface area contributed by atoms with Crippen molar-refractivity contribution in [3.8, 4) is 0 Å². The maximum absolute atomic E-state index is 12.4. The number of aliphatic imine (C=N–C) groups is 1. The van der Waals surface area contributed by atoms with E-state index in [0.29, 0.717) is 12.3 Å². The lowest BCUT2D eigenvalue weighted by molar-refractivity contribution is 0.172. The predicted octanol–water partition coefficient (Wildman–Crippen LogP) is 2.58. The largest absolute Gasteiger partial charge is 0.357 e. The van der Waals surface area contributed by atoms with Crippen LogP contribution in [0.3, 0.4) is 0 Å². The molecule has 0 aromatic heterocycles. The molecule has 0 spiro atoms. The first-order valence-corrected chi connectivity index (χ1v) is 11.3. The minimum atomic E-state index is -0.999.